The van der Waals surface area contributed by atoms with Crippen LogP contribution in [0, 0.1) is 0 Å². The summed E-state index contributed by atoms with van der Waals surface area (Å²) in [4.78, 5) is 27.7. The number of hydrogen-bond donors (Lipinski definition) is 2. The molecule has 0 atom stereocenters. The van der Waals surface area contributed by atoms with Gasteiger partial charge in [-0.2, -0.15) is 0 Å². The monoisotopic (exact) mass is 315 g/mol. The van der Waals surface area contributed by atoms with Crippen molar-refractivity contribution in [3.05, 3.63) is 0 Å². The summed E-state index contributed by atoms with van der Waals surface area (Å²) in [6, 6.07) is 0. The molecule has 7 heteroatoms. The van der Waals surface area contributed by atoms with Gasteiger partial charge in [0.1, 0.15) is 11.2 Å². The van der Waals surface area contributed by atoms with Crippen LogP contribution >= 0.6 is 0 Å². The third-order valence-electron chi connectivity index (χ3n) is 2.02. The first-order valence-electron chi connectivity index (χ1n) is 7.47. The lowest BCUT2D eigenvalue weighted by molar-refractivity contribution is 0.0545. The van der Waals surface area contributed by atoms with Gasteiger partial charge in [0.2, 0.25) is 5.96 Å². The van der Waals surface area contributed by atoms with Crippen LogP contribution in [-0.4, -0.2) is 35.9 Å². The molecule has 7 nitrogen and oxygen atoms in total. The molecular weight excluding hydrogens is 286 g/mol. The van der Waals surface area contributed by atoms with Crippen molar-refractivity contribution in [3.8, 4) is 0 Å². The number of ether oxygens (including phenoxy) is 2. The van der Waals surface area contributed by atoms with Crippen LogP contribution in [0.1, 0.15) is 61.3 Å². The van der Waals surface area contributed by atoms with Gasteiger partial charge in [-0.25, -0.2) is 9.59 Å². The van der Waals surface area contributed by atoms with E-state index < -0.39 is 23.4 Å². The third kappa shape index (κ3) is 12.0. The maximum Gasteiger partial charge on any atom is 0.414 e. The van der Waals surface area contributed by atoms with Gasteiger partial charge in [0.25, 0.3) is 0 Å². The standard InChI is InChI=1S/C15H29N3O4/c1-8-9-10-16-11(17-12(19)21-14(2,3)4)18-13(20)22-15(5,6)7/h8-10H2,1-7H3,(H2,16,17,18,19,20). The molecule has 0 bridgehead atoms. The molecule has 0 aromatic carbocycles. The molecule has 128 valence electrons. The summed E-state index contributed by atoms with van der Waals surface area (Å²) in [7, 11) is 0. The van der Waals surface area contributed by atoms with E-state index in [1.165, 1.54) is 0 Å². The number of amides is 2. The number of alkyl carbamates (subject to hydrolysis) is 2. The van der Waals surface area contributed by atoms with Crippen molar-refractivity contribution in [3.63, 3.8) is 0 Å². The summed E-state index contributed by atoms with van der Waals surface area (Å²) in [5.74, 6) is 0.0250. The Morgan fingerprint density at radius 3 is 1.64 bits per heavy atom. The quantitative estimate of drug-likeness (QED) is 0.475. The number of rotatable bonds is 3. The average Bonchev–Trinajstić information content (AvgIpc) is 2.23. The van der Waals surface area contributed by atoms with Gasteiger partial charge in [-0.1, -0.05) is 13.3 Å². The molecule has 0 saturated carbocycles. The first kappa shape index (κ1) is 20.2. The highest BCUT2D eigenvalue weighted by Crippen LogP contribution is 2.07. The maximum atomic E-state index is 11.8. The summed E-state index contributed by atoms with van der Waals surface area (Å²) in [6.07, 6.45) is 0.433. The van der Waals surface area contributed by atoms with E-state index in [2.05, 4.69) is 15.6 Å². The van der Waals surface area contributed by atoms with Gasteiger partial charge in [-0.05, 0) is 48.0 Å². The highest BCUT2D eigenvalue weighted by molar-refractivity contribution is 6.01. The van der Waals surface area contributed by atoms with Gasteiger partial charge < -0.3 is 9.47 Å². The number of hydrogen-bond acceptors (Lipinski definition) is 5. The molecule has 2 amide bonds. The maximum absolute atomic E-state index is 11.8. The number of guanidine groups is 1. The van der Waals surface area contributed by atoms with Crippen molar-refractivity contribution < 1.29 is 19.1 Å². The van der Waals surface area contributed by atoms with Gasteiger partial charge in [0.15, 0.2) is 0 Å². The van der Waals surface area contributed by atoms with Crippen LogP contribution in [0.15, 0.2) is 4.99 Å². The number of unbranched alkanes of at least 4 members (excludes halogenated alkanes) is 1. The Labute approximate surface area is 132 Å². The average molecular weight is 315 g/mol. The van der Waals surface area contributed by atoms with E-state index in [4.69, 9.17) is 9.47 Å². The molecule has 0 heterocycles. The van der Waals surface area contributed by atoms with Crippen LogP contribution in [0.25, 0.3) is 0 Å². The van der Waals surface area contributed by atoms with Crippen LogP contribution in [-0.2, 0) is 9.47 Å². The van der Waals surface area contributed by atoms with Crippen LogP contribution in [0.5, 0.6) is 0 Å². The molecule has 0 unspecified atom stereocenters. The van der Waals surface area contributed by atoms with Crippen molar-refractivity contribution >= 4 is 18.1 Å². The second-order valence-corrected chi connectivity index (χ2v) is 6.84. The Morgan fingerprint density at radius 2 is 1.32 bits per heavy atom. The van der Waals surface area contributed by atoms with Crippen molar-refractivity contribution in [1.82, 2.24) is 10.6 Å². The highest BCUT2D eigenvalue weighted by Gasteiger charge is 2.20. The molecule has 0 aromatic heterocycles. The SMILES string of the molecule is CCCCN=C(NC(=O)OC(C)(C)C)NC(=O)OC(C)(C)C. The van der Waals surface area contributed by atoms with Gasteiger partial charge in [0, 0.05) is 6.54 Å². The van der Waals surface area contributed by atoms with Gasteiger partial charge in [0.05, 0.1) is 0 Å². The van der Waals surface area contributed by atoms with Crippen molar-refractivity contribution in [2.75, 3.05) is 6.54 Å². The molecule has 0 saturated heterocycles. The lowest BCUT2D eigenvalue weighted by atomic mass is 10.2. The van der Waals surface area contributed by atoms with Crippen molar-refractivity contribution in [1.29, 1.82) is 0 Å². The normalized spacial score (nSPS) is 11.4. The Balaban J connectivity index is 4.73. The summed E-state index contributed by atoms with van der Waals surface area (Å²) in [6.45, 7) is 13.0. The number of carbonyl (C=O) groups is 2. The fourth-order valence-electron chi connectivity index (χ4n) is 1.26. The molecule has 0 fully saturated rings. The third-order valence-corrected chi connectivity index (χ3v) is 2.02. The second kappa shape index (κ2) is 8.60. The highest BCUT2D eigenvalue weighted by atomic mass is 16.6. The van der Waals surface area contributed by atoms with E-state index in [-0.39, 0.29) is 5.96 Å². The molecule has 0 aliphatic carbocycles. The summed E-state index contributed by atoms with van der Waals surface area (Å²) >= 11 is 0. The molecular formula is C15H29N3O4. The molecule has 0 radical (unpaired) electrons. The minimum Gasteiger partial charge on any atom is -0.444 e. The van der Waals surface area contributed by atoms with Crippen molar-refractivity contribution in [2.45, 2.75) is 72.5 Å². The molecule has 22 heavy (non-hydrogen) atoms. The molecule has 0 aliphatic rings. The lowest BCUT2D eigenvalue weighted by Gasteiger charge is -2.22. The Morgan fingerprint density at radius 1 is 0.909 bits per heavy atom. The summed E-state index contributed by atoms with van der Waals surface area (Å²) < 4.78 is 10.3. The van der Waals surface area contributed by atoms with E-state index in [1.54, 1.807) is 41.5 Å². The first-order valence-corrected chi connectivity index (χ1v) is 7.47. The Hall–Kier alpha value is -1.79. The predicted molar refractivity (Wildman–Crippen MR) is 85.9 cm³/mol. The zero-order valence-electron chi connectivity index (χ0n) is 14.7. The smallest absolute Gasteiger partial charge is 0.414 e. The minimum absolute atomic E-state index is 0.0250. The van der Waals surface area contributed by atoms with Gasteiger partial charge in [-0.15, -0.1) is 0 Å². The van der Waals surface area contributed by atoms with Crippen LogP contribution < -0.4 is 10.6 Å². The van der Waals surface area contributed by atoms with E-state index in [9.17, 15) is 9.59 Å². The first-order chi connectivity index (χ1) is 9.93. The van der Waals surface area contributed by atoms with Gasteiger partial charge in [-0.3, -0.25) is 15.6 Å². The summed E-state index contributed by atoms with van der Waals surface area (Å²) in [5, 5.41) is 4.85. The summed E-state index contributed by atoms with van der Waals surface area (Å²) in [5.41, 5.74) is -1.27. The van der Waals surface area contributed by atoms with E-state index in [1.807, 2.05) is 6.92 Å². The molecule has 2 N–H and O–H groups in total. The van der Waals surface area contributed by atoms with Crippen LogP contribution in [0.4, 0.5) is 9.59 Å². The van der Waals surface area contributed by atoms with E-state index in [0.29, 0.717) is 6.54 Å². The Kier molecular flexibility index (Phi) is 7.90. The number of nitrogens with zero attached hydrogens (tertiary/aromatic N) is 1. The largest absolute Gasteiger partial charge is 0.444 e. The molecule has 0 spiro atoms. The number of aliphatic imine (C=N–C) groups is 1. The fourth-order valence-corrected chi connectivity index (χ4v) is 1.26. The number of carbonyl (C=O) groups excluding carboxylic acids is 2. The van der Waals surface area contributed by atoms with Crippen molar-refractivity contribution in [2.24, 2.45) is 4.99 Å². The fraction of sp³-hybridized carbons (Fsp3) is 0.800. The number of nitrogens with one attached hydrogen (secondary N) is 2. The van der Waals surface area contributed by atoms with Crippen LogP contribution in [0.3, 0.4) is 0 Å². The van der Waals surface area contributed by atoms with Gasteiger partial charge >= 0.3 is 12.2 Å². The second-order valence-electron chi connectivity index (χ2n) is 6.84. The zero-order chi connectivity index (χ0) is 17.4. The van der Waals surface area contributed by atoms with Crippen LogP contribution in [0.2, 0.25) is 0 Å². The molecule has 0 aromatic rings. The topological polar surface area (TPSA) is 89.0 Å². The lowest BCUT2D eigenvalue weighted by Crippen LogP contribution is -2.47. The van der Waals surface area contributed by atoms with E-state index in [0.717, 1.165) is 12.8 Å². The minimum atomic E-state index is -0.682. The molecule has 0 aliphatic heterocycles. The van der Waals surface area contributed by atoms with E-state index >= 15 is 0 Å². The zero-order valence-corrected chi connectivity index (χ0v) is 14.7. The molecule has 0 rings (SSSR count). The Bertz CT molecular complexity index is 374. The predicted octanol–water partition coefficient (Wildman–Crippen LogP) is 3.19.